The third kappa shape index (κ3) is 4.05. The fourth-order valence-corrected chi connectivity index (χ4v) is 4.12. The Bertz CT molecular complexity index is 1220. The van der Waals surface area contributed by atoms with Gasteiger partial charge < -0.3 is 5.32 Å². The average molecular weight is 418 g/mol. The molecular weight excluding hydrogens is 390 g/mol. The first-order valence-electron chi connectivity index (χ1n) is 10.4. The molecule has 4 aromatic rings. The van der Waals surface area contributed by atoms with E-state index in [0.29, 0.717) is 12.8 Å². The van der Waals surface area contributed by atoms with Crippen molar-refractivity contribution in [2.24, 2.45) is 7.05 Å². The normalized spacial score (nSPS) is 12.3. The molecule has 0 radical (unpaired) electrons. The van der Waals surface area contributed by atoms with E-state index in [4.69, 9.17) is 4.98 Å². The van der Waals surface area contributed by atoms with Crippen LogP contribution < -0.4 is 5.32 Å². The monoisotopic (exact) mass is 417 g/mol. The number of nitrogens with zero attached hydrogens (tertiary/aromatic N) is 6. The Labute approximate surface area is 181 Å². The van der Waals surface area contributed by atoms with Crippen LogP contribution >= 0.6 is 0 Å². The molecule has 1 N–H and O–H groups in total. The van der Waals surface area contributed by atoms with E-state index in [1.54, 1.807) is 11.0 Å². The van der Waals surface area contributed by atoms with Crippen LogP contribution in [0.2, 0.25) is 0 Å². The first-order valence-corrected chi connectivity index (χ1v) is 10.4. The summed E-state index contributed by atoms with van der Waals surface area (Å²) in [4.78, 5) is 21.3. The minimum absolute atomic E-state index is 0.0228. The van der Waals surface area contributed by atoms with Gasteiger partial charge in [0.15, 0.2) is 5.65 Å². The number of carbonyl (C=O) groups excluding carboxylic acids is 1. The number of aryl methyl sites for hydroxylation is 4. The smallest absolute Gasteiger partial charge is 0.220 e. The first kappa shape index (κ1) is 20.7. The maximum atomic E-state index is 12.6. The van der Waals surface area contributed by atoms with Crippen LogP contribution in [0.3, 0.4) is 0 Å². The van der Waals surface area contributed by atoms with Crippen molar-refractivity contribution in [3.05, 3.63) is 65.0 Å². The lowest BCUT2D eigenvalue weighted by Crippen LogP contribution is -2.27. The number of rotatable bonds is 6. The maximum Gasteiger partial charge on any atom is 0.220 e. The highest BCUT2D eigenvalue weighted by Gasteiger charge is 2.17. The van der Waals surface area contributed by atoms with E-state index >= 15 is 0 Å². The molecule has 3 heterocycles. The fourth-order valence-electron chi connectivity index (χ4n) is 4.12. The molecule has 8 heteroatoms. The van der Waals surface area contributed by atoms with E-state index in [1.165, 1.54) is 6.33 Å². The molecule has 0 saturated heterocycles. The highest BCUT2D eigenvalue weighted by Crippen LogP contribution is 2.26. The second-order valence-corrected chi connectivity index (χ2v) is 7.93. The summed E-state index contributed by atoms with van der Waals surface area (Å²) in [6.07, 6.45) is 4.22. The molecule has 0 aliphatic rings. The number of nitrogens with one attached hydrogen (secondary N) is 1. The van der Waals surface area contributed by atoms with Gasteiger partial charge in [-0.3, -0.25) is 9.48 Å². The minimum atomic E-state index is -0.0827. The number of amides is 1. The predicted molar refractivity (Wildman–Crippen MR) is 119 cm³/mol. The van der Waals surface area contributed by atoms with Crippen LogP contribution in [-0.2, 0) is 18.3 Å². The lowest BCUT2D eigenvalue weighted by molar-refractivity contribution is -0.121. The topological polar surface area (TPSA) is 90.5 Å². The molecule has 0 aliphatic carbocycles. The Kier molecular flexibility index (Phi) is 5.54. The van der Waals surface area contributed by atoms with Crippen molar-refractivity contribution in [1.82, 2.24) is 34.8 Å². The third-order valence-corrected chi connectivity index (χ3v) is 5.79. The van der Waals surface area contributed by atoms with Crippen LogP contribution in [0.15, 0.2) is 36.9 Å². The van der Waals surface area contributed by atoms with Crippen molar-refractivity contribution < 1.29 is 4.79 Å². The highest BCUT2D eigenvalue weighted by molar-refractivity contribution is 5.84. The molecule has 0 unspecified atom stereocenters. The first-order chi connectivity index (χ1) is 14.8. The number of hydrogen-bond donors (Lipinski definition) is 1. The molecule has 0 saturated carbocycles. The number of aromatic nitrogens is 6. The van der Waals surface area contributed by atoms with Gasteiger partial charge in [0.25, 0.3) is 0 Å². The van der Waals surface area contributed by atoms with Gasteiger partial charge in [-0.2, -0.15) is 10.2 Å². The van der Waals surface area contributed by atoms with Crippen molar-refractivity contribution in [2.45, 2.75) is 46.6 Å². The highest BCUT2D eigenvalue weighted by atomic mass is 16.1. The van der Waals surface area contributed by atoms with E-state index in [9.17, 15) is 4.79 Å². The van der Waals surface area contributed by atoms with Crippen molar-refractivity contribution in [2.75, 3.05) is 0 Å². The molecular formula is C23H27N7O. The zero-order valence-corrected chi connectivity index (χ0v) is 18.5. The van der Waals surface area contributed by atoms with Crippen LogP contribution in [-0.4, -0.2) is 35.4 Å². The zero-order valence-electron chi connectivity index (χ0n) is 18.5. The van der Waals surface area contributed by atoms with Crippen LogP contribution in [0.25, 0.3) is 16.7 Å². The molecule has 0 spiro atoms. The van der Waals surface area contributed by atoms with Gasteiger partial charge in [-0.05, 0) is 62.9 Å². The van der Waals surface area contributed by atoms with E-state index in [0.717, 1.165) is 44.8 Å². The van der Waals surface area contributed by atoms with E-state index < -0.39 is 0 Å². The van der Waals surface area contributed by atoms with Gasteiger partial charge in [0.1, 0.15) is 12.7 Å². The van der Waals surface area contributed by atoms with Crippen LogP contribution in [0.1, 0.15) is 47.5 Å². The Hall–Kier alpha value is -3.55. The molecule has 0 aliphatic heterocycles. The number of hydrogen-bond acceptors (Lipinski definition) is 5. The number of carbonyl (C=O) groups is 1. The largest absolute Gasteiger partial charge is 0.350 e. The average Bonchev–Trinajstić information content (AvgIpc) is 3.36. The third-order valence-electron chi connectivity index (χ3n) is 5.79. The summed E-state index contributed by atoms with van der Waals surface area (Å²) < 4.78 is 3.52. The lowest BCUT2D eigenvalue weighted by atomic mass is 9.99. The Morgan fingerprint density at radius 1 is 1.13 bits per heavy atom. The number of pyridine rings is 1. The molecule has 1 atom stereocenters. The molecule has 160 valence electrons. The van der Waals surface area contributed by atoms with Crippen molar-refractivity contribution in [1.29, 1.82) is 0 Å². The molecule has 1 amide bonds. The van der Waals surface area contributed by atoms with Crippen LogP contribution in [0.4, 0.5) is 0 Å². The van der Waals surface area contributed by atoms with Gasteiger partial charge in [-0.25, -0.2) is 14.6 Å². The maximum absolute atomic E-state index is 12.6. The Morgan fingerprint density at radius 3 is 2.55 bits per heavy atom. The quantitative estimate of drug-likeness (QED) is 0.520. The van der Waals surface area contributed by atoms with Gasteiger partial charge in [-0.15, -0.1) is 0 Å². The van der Waals surface area contributed by atoms with Gasteiger partial charge >= 0.3 is 0 Å². The predicted octanol–water partition coefficient (Wildman–Crippen LogP) is 3.28. The summed E-state index contributed by atoms with van der Waals surface area (Å²) in [6.45, 7) is 8.09. The van der Waals surface area contributed by atoms with Gasteiger partial charge in [0, 0.05) is 24.5 Å². The van der Waals surface area contributed by atoms with Gasteiger partial charge in [0.05, 0.1) is 17.4 Å². The summed E-state index contributed by atoms with van der Waals surface area (Å²) in [5.41, 5.74) is 7.08. The number of fused-ring (bicyclic) bond motifs is 1. The Balaban J connectivity index is 1.42. The zero-order chi connectivity index (χ0) is 22.1. The summed E-state index contributed by atoms with van der Waals surface area (Å²) >= 11 is 0. The van der Waals surface area contributed by atoms with Crippen LogP contribution in [0.5, 0.6) is 0 Å². The molecule has 8 nitrogen and oxygen atoms in total. The molecule has 3 aromatic heterocycles. The standard InChI is InChI=1S/C23H27N7O/c1-14-20(16(3)27-23-22(14)17(4)28-29(23)5)10-11-21(31)26-15(2)18-6-8-19(9-7-18)30-13-24-12-25-30/h6-9,12-13,15H,10-11H2,1-5H3,(H,26,31)/t15-/m0/s1. The number of benzene rings is 1. The molecule has 4 rings (SSSR count). The summed E-state index contributed by atoms with van der Waals surface area (Å²) in [7, 11) is 1.91. The van der Waals surface area contributed by atoms with Crippen molar-refractivity contribution in [3.63, 3.8) is 0 Å². The second-order valence-electron chi connectivity index (χ2n) is 7.93. The summed E-state index contributed by atoms with van der Waals surface area (Å²) in [5.74, 6) is 0.0228. The SMILES string of the molecule is Cc1nc2c(c(C)nn2C)c(C)c1CCC(=O)N[C@@H](C)c1ccc(-n2cncn2)cc1. The van der Waals surface area contributed by atoms with E-state index in [-0.39, 0.29) is 11.9 Å². The Morgan fingerprint density at radius 2 is 1.87 bits per heavy atom. The molecule has 1 aromatic carbocycles. The second kappa shape index (κ2) is 8.29. The fraction of sp³-hybridized carbons (Fsp3) is 0.348. The van der Waals surface area contributed by atoms with Gasteiger partial charge in [-0.1, -0.05) is 12.1 Å². The molecule has 0 bridgehead atoms. The lowest BCUT2D eigenvalue weighted by Gasteiger charge is -2.16. The van der Waals surface area contributed by atoms with E-state index in [1.807, 2.05) is 56.8 Å². The van der Waals surface area contributed by atoms with Crippen LogP contribution in [0, 0.1) is 20.8 Å². The summed E-state index contributed by atoms with van der Waals surface area (Å²) in [6, 6.07) is 7.85. The molecule has 0 fully saturated rings. The van der Waals surface area contributed by atoms with Gasteiger partial charge in [0.2, 0.25) is 5.91 Å². The van der Waals surface area contributed by atoms with Crippen molar-refractivity contribution >= 4 is 16.9 Å². The summed E-state index contributed by atoms with van der Waals surface area (Å²) in [5, 5.41) is 12.8. The molecule has 31 heavy (non-hydrogen) atoms. The van der Waals surface area contributed by atoms with Crippen molar-refractivity contribution in [3.8, 4) is 5.69 Å². The minimum Gasteiger partial charge on any atom is -0.350 e. The van der Waals surface area contributed by atoms with E-state index in [2.05, 4.69) is 27.4 Å².